The predicted octanol–water partition coefficient (Wildman–Crippen LogP) is 7.41. The lowest BCUT2D eigenvalue weighted by Gasteiger charge is -2.07. The molecule has 3 aromatic rings. The maximum atomic E-state index is 5.96. The van der Waals surface area contributed by atoms with E-state index in [0.717, 1.165) is 5.02 Å². The van der Waals surface area contributed by atoms with Crippen LogP contribution in [0.3, 0.4) is 0 Å². The molecule has 0 amide bonds. The van der Waals surface area contributed by atoms with Crippen LogP contribution >= 0.6 is 11.6 Å². The van der Waals surface area contributed by atoms with Crippen molar-refractivity contribution in [2.45, 2.75) is 32.6 Å². The molecule has 0 saturated carbocycles. The molecule has 122 valence electrons. The fraction of sp³-hybridized carbons (Fsp3) is 0.217. The molecular formula is C23H23Cl. The van der Waals surface area contributed by atoms with Crippen molar-refractivity contribution in [3.05, 3.63) is 83.4 Å². The van der Waals surface area contributed by atoms with Crippen molar-refractivity contribution in [3.63, 3.8) is 0 Å². The van der Waals surface area contributed by atoms with Gasteiger partial charge >= 0.3 is 0 Å². The molecule has 1 heteroatoms. The Labute approximate surface area is 150 Å². The van der Waals surface area contributed by atoms with Crippen LogP contribution in [0, 0.1) is 0 Å². The van der Waals surface area contributed by atoms with Crippen LogP contribution in [0.25, 0.3) is 22.3 Å². The van der Waals surface area contributed by atoms with Gasteiger partial charge in [0.05, 0.1) is 0 Å². The Morgan fingerprint density at radius 1 is 0.583 bits per heavy atom. The molecule has 0 heterocycles. The summed E-state index contributed by atoms with van der Waals surface area (Å²) in [7, 11) is 0. The van der Waals surface area contributed by atoms with Crippen LogP contribution in [0.4, 0.5) is 0 Å². The first-order valence-corrected chi connectivity index (χ1v) is 9.09. The summed E-state index contributed by atoms with van der Waals surface area (Å²) in [4.78, 5) is 0. The van der Waals surface area contributed by atoms with E-state index in [1.54, 1.807) is 0 Å². The summed E-state index contributed by atoms with van der Waals surface area (Å²) in [6.45, 7) is 2.25. The van der Waals surface area contributed by atoms with Crippen molar-refractivity contribution in [2.75, 3.05) is 0 Å². The lowest BCUT2D eigenvalue weighted by atomic mass is 9.98. The van der Waals surface area contributed by atoms with Gasteiger partial charge < -0.3 is 0 Å². The number of rotatable bonds is 6. The average molecular weight is 335 g/mol. The average Bonchev–Trinajstić information content (AvgIpc) is 2.63. The maximum Gasteiger partial charge on any atom is 0.0406 e. The Morgan fingerprint density at radius 2 is 1.00 bits per heavy atom. The number of hydrogen-bond donors (Lipinski definition) is 0. The van der Waals surface area contributed by atoms with Gasteiger partial charge in [-0.15, -0.1) is 0 Å². The molecule has 0 aromatic heterocycles. The minimum Gasteiger partial charge on any atom is -0.0843 e. The second-order valence-electron chi connectivity index (χ2n) is 6.24. The molecule has 0 aliphatic carbocycles. The van der Waals surface area contributed by atoms with Gasteiger partial charge in [-0.3, -0.25) is 0 Å². The predicted molar refractivity (Wildman–Crippen MR) is 106 cm³/mol. The molecule has 0 atom stereocenters. The number of hydrogen-bond acceptors (Lipinski definition) is 0. The van der Waals surface area contributed by atoms with Crippen molar-refractivity contribution in [2.24, 2.45) is 0 Å². The summed E-state index contributed by atoms with van der Waals surface area (Å²) < 4.78 is 0. The molecule has 0 N–H and O–H groups in total. The summed E-state index contributed by atoms with van der Waals surface area (Å²) in [5, 5.41) is 0.773. The first-order valence-electron chi connectivity index (χ1n) is 8.71. The van der Waals surface area contributed by atoms with E-state index in [4.69, 9.17) is 11.6 Å². The number of benzene rings is 3. The van der Waals surface area contributed by atoms with E-state index in [1.165, 1.54) is 53.5 Å². The second kappa shape index (κ2) is 8.17. The molecule has 0 aliphatic rings. The largest absolute Gasteiger partial charge is 0.0843 e. The molecular weight excluding hydrogens is 312 g/mol. The van der Waals surface area contributed by atoms with E-state index in [2.05, 4.69) is 67.6 Å². The molecule has 0 spiro atoms. The van der Waals surface area contributed by atoms with Gasteiger partial charge in [0, 0.05) is 5.02 Å². The molecule has 24 heavy (non-hydrogen) atoms. The van der Waals surface area contributed by atoms with Crippen LogP contribution in [-0.2, 0) is 6.42 Å². The lowest BCUT2D eigenvalue weighted by molar-refractivity contribution is 0.717. The van der Waals surface area contributed by atoms with E-state index in [0.29, 0.717) is 0 Å². The molecule has 0 nitrogen and oxygen atoms in total. The van der Waals surface area contributed by atoms with Gasteiger partial charge in [-0.2, -0.15) is 0 Å². The van der Waals surface area contributed by atoms with Gasteiger partial charge in [0.25, 0.3) is 0 Å². The fourth-order valence-electron chi connectivity index (χ4n) is 2.94. The topological polar surface area (TPSA) is 0 Å². The van der Waals surface area contributed by atoms with Crippen molar-refractivity contribution >= 4 is 11.6 Å². The summed E-state index contributed by atoms with van der Waals surface area (Å²) >= 11 is 5.96. The number of unbranched alkanes of at least 4 members (excludes halogenated alkanes) is 2. The third kappa shape index (κ3) is 4.27. The molecule has 0 aliphatic heterocycles. The Hall–Kier alpha value is -2.05. The quantitative estimate of drug-likeness (QED) is 0.412. The highest BCUT2D eigenvalue weighted by Gasteiger charge is 2.01. The van der Waals surface area contributed by atoms with Gasteiger partial charge in [0.15, 0.2) is 0 Å². The molecule has 0 fully saturated rings. The summed E-state index contributed by atoms with van der Waals surface area (Å²) in [5.41, 5.74) is 6.37. The van der Waals surface area contributed by atoms with Crippen LogP contribution in [0.5, 0.6) is 0 Å². The van der Waals surface area contributed by atoms with Crippen molar-refractivity contribution in [3.8, 4) is 22.3 Å². The third-order valence-electron chi connectivity index (χ3n) is 4.42. The summed E-state index contributed by atoms with van der Waals surface area (Å²) in [5.74, 6) is 0. The molecule has 0 unspecified atom stereocenters. The van der Waals surface area contributed by atoms with Gasteiger partial charge in [0.2, 0.25) is 0 Å². The monoisotopic (exact) mass is 334 g/mol. The molecule has 0 saturated heterocycles. The number of halogens is 1. The molecule has 0 bridgehead atoms. The van der Waals surface area contributed by atoms with Crippen molar-refractivity contribution in [1.29, 1.82) is 0 Å². The summed E-state index contributed by atoms with van der Waals surface area (Å²) in [6.07, 6.45) is 5.06. The van der Waals surface area contributed by atoms with Gasteiger partial charge in [-0.1, -0.05) is 92.0 Å². The Kier molecular flexibility index (Phi) is 5.72. The number of aryl methyl sites for hydroxylation is 1. The second-order valence-corrected chi connectivity index (χ2v) is 6.67. The van der Waals surface area contributed by atoms with Crippen LogP contribution < -0.4 is 0 Å². The third-order valence-corrected chi connectivity index (χ3v) is 4.67. The minimum atomic E-state index is 0.773. The first-order chi connectivity index (χ1) is 11.8. The van der Waals surface area contributed by atoms with Gasteiger partial charge in [0.1, 0.15) is 0 Å². The Balaban J connectivity index is 1.72. The normalized spacial score (nSPS) is 10.8. The van der Waals surface area contributed by atoms with Crippen LogP contribution in [0.1, 0.15) is 31.7 Å². The van der Waals surface area contributed by atoms with E-state index in [-0.39, 0.29) is 0 Å². The van der Waals surface area contributed by atoms with Crippen LogP contribution in [0.15, 0.2) is 72.8 Å². The van der Waals surface area contributed by atoms with E-state index >= 15 is 0 Å². The lowest BCUT2D eigenvalue weighted by Crippen LogP contribution is -1.86. The highest BCUT2D eigenvalue weighted by molar-refractivity contribution is 6.30. The highest BCUT2D eigenvalue weighted by atomic mass is 35.5. The van der Waals surface area contributed by atoms with Crippen LogP contribution in [-0.4, -0.2) is 0 Å². The smallest absolute Gasteiger partial charge is 0.0406 e. The molecule has 3 rings (SSSR count). The van der Waals surface area contributed by atoms with Gasteiger partial charge in [-0.05, 0) is 52.8 Å². The maximum absolute atomic E-state index is 5.96. The van der Waals surface area contributed by atoms with Crippen molar-refractivity contribution in [1.82, 2.24) is 0 Å². The zero-order valence-corrected chi connectivity index (χ0v) is 14.9. The molecule has 0 radical (unpaired) electrons. The first kappa shape index (κ1) is 16.8. The Morgan fingerprint density at radius 3 is 1.46 bits per heavy atom. The van der Waals surface area contributed by atoms with E-state index < -0.39 is 0 Å². The molecule has 3 aromatic carbocycles. The Bertz CT molecular complexity index is 753. The van der Waals surface area contributed by atoms with E-state index in [9.17, 15) is 0 Å². The zero-order valence-electron chi connectivity index (χ0n) is 14.1. The van der Waals surface area contributed by atoms with Crippen LogP contribution in [0.2, 0.25) is 5.02 Å². The zero-order chi connectivity index (χ0) is 16.8. The minimum absolute atomic E-state index is 0.773. The standard InChI is InChI=1S/C23H23Cl/c1-2-3-4-5-18-6-8-19(9-7-18)20-10-12-21(13-11-20)22-14-16-23(24)17-15-22/h6-17H,2-5H2,1H3. The van der Waals surface area contributed by atoms with Crippen molar-refractivity contribution < 1.29 is 0 Å². The fourth-order valence-corrected chi connectivity index (χ4v) is 3.07. The highest BCUT2D eigenvalue weighted by Crippen LogP contribution is 2.26. The SMILES string of the molecule is CCCCCc1ccc(-c2ccc(-c3ccc(Cl)cc3)cc2)cc1. The van der Waals surface area contributed by atoms with Gasteiger partial charge in [-0.25, -0.2) is 0 Å². The van der Waals surface area contributed by atoms with E-state index in [1.807, 2.05) is 12.1 Å². The summed E-state index contributed by atoms with van der Waals surface area (Å²) in [6, 6.07) is 25.7.